The molecule has 1 aliphatic heterocycles. The van der Waals surface area contributed by atoms with Crippen LogP contribution in [0.15, 0.2) is 42.6 Å². The molecule has 1 aromatic heterocycles. The Kier molecular flexibility index (Phi) is 3.54. The van der Waals surface area contributed by atoms with Crippen molar-refractivity contribution in [2.24, 2.45) is 0 Å². The lowest BCUT2D eigenvalue weighted by Crippen LogP contribution is -2.18. The van der Waals surface area contributed by atoms with Crippen molar-refractivity contribution in [2.75, 3.05) is 13.6 Å². The standard InChI is InChI=1S/C16H17ClN2/c1-19-9-5-8-15(19)14-10-13(11-18-16(14)17)12-6-3-2-4-7-12/h2-4,6-7,10-11,15H,5,8-9H2,1H3/t15-/m0/s1. The lowest BCUT2D eigenvalue weighted by atomic mass is 10.0. The van der Waals surface area contributed by atoms with Crippen LogP contribution in [0.25, 0.3) is 11.1 Å². The van der Waals surface area contributed by atoms with Crippen LogP contribution < -0.4 is 0 Å². The Hall–Kier alpha value is -1.38. The smallest absolute Gasteiger partial charge is 0.133 e. The topological polar surface area (TPSA) is 16.1 Å². The number of hydrogen-bond donors (Lipinski definition) is 0. The summed E-state index contributed by atoms with van der Waals surface area (Å²) in [6.45, 7) is 1.14. The summed E-state index contributed by atoms with van der Waals surface area (Å²) < 4.78 is 0. The van der Waals surface area contributed by atoms with Gasteiger partial charge in [0.2, 0.25) is 0 Å². The first-order valence-electron chi connectivity index (χ1n) is 6.67. The zero-order chi connectivity index (χ0) is 13.2. The molecule has 0 spiro atoms. The second-order valence-electron chi connectivity index (χ2n) is 5.11. The van der Waals surface area contributed by atoms with E-state index in [4.69, 9.17) is 11.6 Å². The lowest BCUT2D eigenvalue weighted by Gasteiger charge is -2.21. The summed E-state index contributed by atoms with van der Waals surface area (Å²) in [5.41, 5.74) is 3.48. The first kappa shape index (κ1) is 12.6. The second-order valence-corrected chi connectivity index (χ2v) is 5.47. The third kappa shape index (κ3) is 2.51. The number of rotatable bonds is 2. The quantitative estimate of drug-likeness (QED) is 0.763. The number of benzene rings is 1. The van der Waals surface area contributed by atoms with E-state index in [1.54, 1.807) is 0 Å². The van der Waals surface area contributed by atoms with Crippen LogP contribution >= 0.6 is 11.6 Å². The minimum atomic E-state index is 0.406. The second kappa shape index (κ2) is 5.32. The molecule has 1 aliphatic rings. The Morgan fingerprint density at radius 3 is 2.68 bits per heavy atom. The molecular formula is C16H17ClN2. The maximum Gasteiger partial charge on any atom is 0.133 e. The highest BCUT2D eigenvalue weighted by Gasteiger charge is 2.25. The highest BCUT2D eigenvalue weighted by molar-refractivity contribution is 6.30. The molecule has 3 rings (SSSR count). The van der Waals surface area contributed by atoms with Gasteiger partial charge in [0.25, 0.3) is 0 Å². The molecule has 0 unspecified atom stereocenters. The van der Waals surface area contributed by atoms with Gasteiger partial charge in [0.15, 0.2) is 0 Å². The first-order chi connectivity index (χ1) is 9.25. The van der Waals surface area contributed by atoms with E-state index in [-0.39, 0.29) is 0 Å². The predicted molar refractivity (Wildman–Crippen MR) is 79.3 cm³/mol. The summed E-state index contributed by atoms with van der Waals surface area (Å²) in [5.74, 6) is 0. The van der Waals surface area contributed by atoms with Crippen LogP contribution in [-0.2, 0) is 0 Å². The maximum atomic E-state index is 6.29. The Labute approximate surface area is 119 Å². The highest BCUT2D eigenvalue weighted by Crippen LogP contribution is 2.35. The van der Waals surface area contributed by atoms with Crippen molar-refractivity contribution in [2.45, 2.75) is 18.9 Å². The van der Waals surface area contributed by atoms with Crippen molar-refractivity contribution < 1.29 is 0 Å². The van der Waals surface area contributed by atoms with E-state index in [2.05, 4.69) is 35.1 Å². The van der Waals surface area contributed by atoms with E-state index in [1.807, 2.05) is 24.4 Å². The molecule has 0 amide bonds. The molecule has 1 fully saturated rings. The van der Waals surface area contributed by atoms with Gasteiger partial charge < -0.3 is 0 Å². The van der Waals surface area contributed by atoms with Crippen LogP contribution in [-0.4, -0.2) is 23.5 Å². The van der Waals surface area contributed by atoms with Gasteiger partial charge >= 0.3 is 0 Å². The number of hydrogen-bond acceptors (Lipinski definition) is 2. The Balaban J connectivity index is 2.01. The molecule has 2 heterocycles. The first-order valence-corrected chi connectivity index (χ1v) is 7.04. The summed E-state index contributed by atoms with van der Waals surface area (Å²) in [6.07, 6.45) is 4.25. The van der Waals surface area contributed by atoms with Gasteiger partial charge in [0.05, 0.1) is 0 Å². The van der Waals surface area contributed by atoms with Crippen LogP contribution in [0.2, 0.25) is 5.15 Å². The van der Waals surface area contributed by atoms with E-state index in [9.17, 15) is 0 Å². The molecule has 1 saturated heterocycles. The number of likely N-dealkylation sites (tertiary alicyclic amines) is 1. The number of halogens is 1. The molecule has 3 heteroatoms. The fourth-order valence-electron chi connectivity index (χ4n) is 2.79. The van der Waals surface area contributed by atoms with Gasteiger partial charge in [0, 0.05) is 23.4 Å². The zero-order valence-electron chi connectivity index (χ0n) is 11.0. The molecule has 19 heavy (non-hydrogen) atoms. The molecule has 0 aliphatic carbocycles. The maximum absolute atomic E-state index is 6.29. The molecule has 1 aromatic carbocycles. The Morgan fingerprint density at radius 1 is 1.21 bits per heavy atom. The number of pyridine rings is 1. The van der Waals surface area contributed by atoms with Crippen molar-refractivity contribution in [3.8, 4) is 11.1 Å². The summed E-state index contributed by atoms with van der Waals surface area (Å²) >= 11 is 6.29. The minimum absolute atomic E-state index is 0.406. The lowest BCUT2D eigenvalue weighted by molar-refractivity contribution is 0.317. The van der Waals surface area contributed by atoms with Crippen LogP contribution in [0.1, 0.15) is 24.4 Å². The zero-order valence-corrected chi connectivity index (χ0v) is 11.8. The van der Waals surface area contributed by atoms with Crippen LogP contribution in [0.4, 0.5) is 0 Å². The van der Waals surface area contributed by atoms with E-state index in [1.165, 1.54) is 12.0 Å². The van der Waals surface area contributed by atoms with Crippen molar-refractivity contribution >= 4 is 11.6 Å². The Bertz CT molecular complexity index is 568. The molecular weight excluding hydrogens is 256 g/mol. The number of aromatic nitrogens is 1. The molecule has 0 saturated carbocycles. The van der Waals surface area contributed by atoms with E-state index in [0.717, 1.165) is 24.1 Å². The van der Waals surface area contributed by atoms with Gasteiger partial charge in [0.1, 0.15) is 5.15 Å². The van der Waals surface area contributed by atoms with Crippen molar-refractivity contribution in [1.82, 2.24) is 9.88 Å². The van der Waals surface area contributed by atoms with Crippen molar-refractivity contribution in [1.29, 1.82) is 0 Å². The predicted octanol–water partition coefficient (Wildman–Crippen LogP) is 4.17. The van der Waals surface area contributed by atoms with E-state index in [0.29, 0.717) is 11.2 Å². The monoisotopic (exact) mass is 272 g/mol. The van der Waals surface area contributed by atoms with Crippen LogP contribution in [0, 0.1) is 0 Å². The summed E-state index contributed by atoms with van der Waals surface area (Å²) in [4.78, 5) is 6.73. The summed E-state index contributed by atoms with van der Waals surface area (Å²) in [6, 6.07) is 12.9. The highest BCUT2D eigenvalue weighted by atomic mass is 35.5. The van der Waals surface area contributed by atoms with E-state index < -0.39 is 0 Å². The molecule has 0 N–H and O–H groups in total. The third-order valence-electron chi connectivity index (χ3n) is 3.85. The van der Waals surface area contributed by atoms with Crippen molar-refractivity contribution in [3.63, 3.8) is 0 Å². The molecule has 2 nitrogen and oxygen atoms in total. The normalized spacial score (nSPS) is 19.8. The van der Waals surface area contributed by atoms with Gasteiger partial charge in [-0.1, -0.05) is 41.9 Å². The average Bonchev–Trinajstić information content (AvgIpc) is 2.86. The fraction of sp³-hybridized carbons (Fsp3) is 0.312. The Morgan fingerprint density at radius 2 is 2.00 bits per heavy atom. The fourth-order valence-corrected chi connectivity index (χ4v) is 3.02. The van der Waals surface area contributed by atoms with Gasteiger partial charge in [-0.15, -0.1) is 0 Å². The van der Waals surface area contributed by atoms with Gasteiger partial charge in [-0.25, -0.2) is 4.98 Å². The molecule has 1 atom stereocenters. The van der Waals surface area contributed by atoms with Crippen LogP contribution in [0.5, 0.6) is 0 Å². The molecule has 0 bridgehead atoms. The van der Waals surface area contributed by atoms with E-state index >= 15 is 0 Å². The summed E-state index contributed by atoms with van der Waals surface area (Å²) in [5, 5.41) is 0.637. The number of nitrogens with zero attached hydrogens (tertiary/aromatic N) is 2. The van der Waals surface area contributed by atoms with Crippen LogP contribution in [0.3, 0.4) is 0 Å². The summed E-state index contributed by atoms with van der Waals surface area (Å²) in [7, 11) is 2.16. The largest absolute Gasteiger partial charge is 0.299 e. The third-order valence-corrected chi connectivity index (χ3v) is 4.17. The van der Waals surface area contributed by atoms with Crippen molar-refractivity contribution in [3.05, 3.63) is 53.3 Å². The van der Waals surface area contributed by atoms with Gasteiger partial charge in [-0.05, 0) is 38.1 Å². The average molecular weight is 273 g/mol. The van der Waals surface area contributed by atoms with Gasteiger partial charge in [-0.3, -0.25) is 4.90 Å². The SMILES string of the molecule is CN1CCC[C@H]1c1cc(-c2ccccc2)cnc1Cl. The molecule has 2 aromatic rings. The van der Waals surface area contributed by atoms with Gasteiger partial charge in [-0.2, -0.15) is 0 Å². The molecule has 0 radical (unpaired) electrons. The molecule has 98 valence electrons. The minimum Gasteiger partial charge on any atom is -0.299 e.